The minimum absolute atomic E-state index is 0.102. The van der Waals surface area contributed by atoms with Crippen molar-refractivity contribution in [2.45, 2.75) is 26.9 Å². The van der Waals surface area contributed by atoms with Crippen LogP contribution in [0.1, 0.15) is 19.7 Å². The van der Waals surface area contributed by atoms with Crippen molar-refractivity contribution >= 4 is 23.0 Å². The summed E-state index contributed by atoms with van der Waals surface area (Å²) in [6.45, 7) is 5.92. The number of benzene rings is 2. The van der Waals surface area contributed by atoms with Crippen LogP contribution in [0.5, 0.6) is 5.75 Å². The van der Waals surface area contributed by atoms with Gasteiger partial charge in [-0.05, 0) is 45.0 Å². The SMILES string of the molecule is Cc1nc(Nc2ccccc2OC(C)C)cc(N(C)c2ccccc2)n1. The molecule has 0 aliphatic heterocycles. The fourth-order valence-corrected chi connectivity index (χ4v) is 2.64. The Bertz CT molecular complexity index is 865. The van der Waals surface area contributed by atoms with E-state index in [0.717, 1.165) is 28.8 Å². The molecule has 0 saturated carbocycles. The summed E-state index contributed by atoms with van der Waals surface area (Å²) in [4.78, 5) is 11.1. The van der Waals surface area contributed by atoms with Crippen LogP contribution < -0.4 is 15.0 Å². The molecule has 0 saturated heterocycles. The Hall–Kier alpha value is -3.08. The van der Waals surface area contributed by atoms with Crippen LogP contribution >= 0.6 is 0 Å². The molecule has 1 N–H and O–H groups in total. The van der Waals surface area contributed by atoms with Gasteiger partial charge in [-0.3, -0.25) is 0 Å². The highest BCUT2D eigenvalue weighted by Gasteiger charge is 2.11. The summed E-state index contributed by atoms with van der Waals surface area (Å²) in [5.74, 6) is 3.07. The van der Waals surface area contributed by atoms with Crippen LogP contribution in [0.4, 0.5) is 23.0 Å². The summed E-state index contributed by atoms with van der Waals surface area (Å²) < 4.78 is 5.88. The van der Waals surface area contributed by atoms with E-state index < -0.39 is 0 Å². The normalized spacial score (nSPS) is 10.7. The van der Waals surface area contributed by atoms with Gasteiger partial charge in [0.25, 0.3) is 0 Å². The van der Waals surface area contributed by atoms with Gasteiger partial charge in [0.1, 0.15) is 23.2 Å². The molecule has 5 heteroatoms. The first-order valence-electron chi connectivity index (χ1n) is 8.70. The lowest BCUT2D eigenvalue weighted by molar-refractivity contribution is 0.244. The van der Waals surface area contributed by atoms with E-state index in [0.29, 0.717) is 5.82 Å². The number of anilines is 4. The van der Waals surface area contributed by atoms with Gasteiger partial charge in [-0.2, -0.15) is 0 Å². The maximum atomic E-state index is 5.88. The molecule has 2 aromatic carbocycles. The second-order valence-electron chi connectivity index (χ2n) is 6.34. The predicted octanol–water partition coefficient (Wildman–Crippen LogP) is 5.08. The van der Waals surface area contributed by atoms with E-state index >= 15 is 0 Å². The third-order valence-electron chi connectivity index (χ3n) is 3.82. The number of hydrogen-bond acceptors (Lipinski definition) is 5. The van der Waals surface area contributed by atoms with Crippen molar-refractivity contribution in [1.82, 2.24) is 9.97 Å². The molecule has 1 aromatic heterocycles. The Balaban J connectivity index is 1.89. The van der Waals surface area contributed by atoms with E-state index in [1.54, 1.807) is 0 Å². The average molecular weight is 348 g/mol. The van der Waals surface area contributed by atoms with Gasteiger partial charge in [0.2, 0.25) is 0 Å². The van der Waals surface area contributed by atoms with Gasteiger partial charge in [0.15, 0.2) is 0 Å². The molecule has 0 radical (unpaired) electrons. The fourth-order valence-electron chi connectivity index (χ4n) is 2.64. The molecule has 26 heavy (non-hydrogen) atoms. The van der Waals surface area contributed by atoms with E-state index in [4.69, 9.17) is 4.74 Å². The molecule has 0 bridgehead atoms. The third-order valence-corrected chi connectivity index (χ3v) is 3.82. The monoisotopic (exact) mass is 348 g/mol. The summed E-state index contributed by atoms with van der Waals surface area (Å²) in [7, 11) is 2.00. The molecular formula is C21H24N4O. The number of para-hydroxylation sites is 3. The van der Waals surface area contributed by atoms with Crippen LogP contribution in [0.15, 0.2) is 60.7 Å². The molecule has 0 atom stereocenters. The van der Waals surface area contributed by atoms with Crippen LogP contribution in [0.3, 0.4) is 0 Å². The largest absolute Gasteiger partial charge is 0.489 e. The molecule has 0 amide bonds. The Kier molecular flexibility index (Phi) is 5.37. The average Bonchev–Trinajstić information content (AvgIpc) is 2.62. The summed E-state index contributed by atoms with van der Waals surface area (Å²) in [6, 6.07) is 19.9. The zero-order chi connectivity index (χ0) is 18.5. The van der Waals surface area contributed by atoms with E-state index in [2.05, 4.69) is 27.4 Å². The summed E-state index contributed by atoms with van der Waals surface area (Å²) >= 11 is 0. The zero-order valence-electron chi connectivity index (χ0n) is 15.6. The van der Waals surface area contributed by atoms with Crippen molar-refractivity contribution in [1.29, 1.82) is 0 Å². The highest BCUT2D eigenvalue weighted by molar-refractivity contribution is 5.68. The molecule has 0 aliphatic carbocycles. The van der Waals surface area contributed by atoms with E-state index in [-0.39, 0.29) is 6.10 Å². The van der Waals surface area contributed by atoms with Crippen molar-refractivity contribution in [3.8, 4) is 5.75 Å². The standard InChI is InChI=1S/C21H24N4O/c1-15(2)26-19-13-9-8-12-18(19)24-20-14-21(23-16(3)22-20)25(4)17-10-6-5-7-11-17/h5-15H,1-4H3,(H,22,23,24). The maximum Gasteiger partial charge on any atom is 0.143 e. The number of aryl methyl sites for hydroxylation is 1. The minimum atomic E-state index is 0.102. The van der Waals surface area contributed by atoms with Gasteiger partial charge in [-0.1, -0.05) is 30.3 Å². The van der Waals surface area contributed by atoms with Crippen molar-refractivity contribution in [2.24, 2.45) is 0 Å². The molecule has 134 valence electrons. The Labute approximate surface area is 154 Å². The van der Waals surface area contributed by atoms with Crippen molar-refractivity contribution in [3.63, 3.8) is 0 Å². The number of ether oxygens (including phenoxy) is 1. The van der Waals surface area contributed by atoms with Gasteiger partial charge in [0, 0.05) is 18.8 Å². The second-order valence-corrected chi connectivity index (χ2v) is 6.34. The summed E-state index contributed by atoms with van der Waals surface area (Å²) in [5.41, 5.74) is 1.95. The lowest BCUT2D eigenvalue weighted by Gasteiger charge is -2.20. The molecule has 5 nitrogen and oxygen atoms in total. The Morgan fingerprint density at radius 3 is 2.38 bits per heavy atom. The lowest BCUT2D eigenvalue weighted by atomic mass is 10.2. The third kappa shape index (κ3) is 4.30. The van der Waals surface area contributed by atoms with Gasteiger partial charge >= 0.3 is 0 Å². The first-order chi connectivity index (χ1) is 12.5. The maximum absolute atomic E-state index is 5.88. The van der Waals surface area contributed by atoms with Crippen molar-refractivity contribution < 1.29 is 4.74 Å². The van der Waals surface area contributed by atoms with Crippen LogP contribution in [0.2, 0.25) is 0 Å². The van der Waals surface area contributed by atoms with Crippen LogP contribution in [-0.2, 0) is 0 Å². The number of nitrogens with one attached hydrogen (secondary N) is 1. The topological polar surface area (TPSA) is 50.3 Å². The Morgan fingerprint density at radius 1 is 0.962 bits per heavy atom. The van der Waals surface area contributed by atoms with Crippen molar-refractivity contribution in [3.05, 3.63) is 66.5 Å². The van der Waals surface area contributed by atoms with Gasteiger partial charge in [0.05, 0.1) is 11.8 Å². The van der Waals surface area contributed by atoms with E-state index in [1.807, 2.05) is 81.2 Å². The smallest absolute Gasteiger partial charge is 0.143 e. The van der Waals surface area contributed by atoms with Crippen molar-refractivity contribution in [2.75, 3.05) is 17.3 Å². The first kappa shape index (κ1) is 17.7. The summed E-state index contributed by atoms with van der Waals surface area (Å²) in [5, 5.41) is 3.36. The predicted molar refractivity (Wildman–Crippen MR) is 107 cm³/mol. The molecule has 0 spiro atoms. The second kappa shape index (κ2) is 7.87. The van der Waals surface area contributed by atoms with Gasteiger partial charge in [-0.25, -0.2) is 9.97 Å². The van der Waals surface area contributed by atoms with Gasteiger partial charge < -0.3 is 15.0 Å². The first-order valence-corrected chi connectivity index (χ1v) is 8.70. The van der Waals surface area contributed by atoms with Crippen LogP contribution in [0.25, 0.3) is 0 Å². The molecule has 3 aromatic rings. The van der Waals surface area contributed by atoms with Crippen LogP contribution in [0, 0.1) is 6.92 Å². The summed E-state index contributed by atoms with van der Waals surface area (Å²) in [6.07, 6.45) is 0.102. The minimum Gasteiger partial charge on any atom is -0.489 e. The molecule has 0 aliphatic rings. The molecule has 3 rings (SSSR count). The highest BCUT2D eigenvalue weighted by atomic mass is 16.5. The zero-order valence-corrected chi connectivity index (χ0v) is 15.6. The highest BCUT2D eigenvalue weighted by Crippen LogP contribution is 2.29. The molecular weight excluding hydrogens is 324 g/mol. The molecule has 0 unspecified atom stereocenters. The molecule has 0 fully saturated rings. The molecule has 1 heterocycles. The fraction of sp³-hybridized carbons (Fsp3) is 0.238. The van der Waals surface area contributed by atoms with Crippen LogP contribution in [-0.4, -0.2) is 23.1 Å². The number of hydrogen-bond donors (Lipinski definition) is 1. The van der Waals surface area contributed by atoms with E-state index in [9.17, 15) is 0 Å². The van der Waals surface area contributed by atoms with E-state index in [1.165, 1.54) is 0 Å². The Morgan fingerprint density at radius 2 is 1.65 bits per heavy atom. The number of aromatic nitrogens is 2. The van der Waals surface area contributed by atoms with Gasteiger partial charge in [-0.15, -0.1) is 0 Å². The quantitative estimate of drug-likeness (QED) is 0.673. The number of nitrogens with zero attached hydrogens (tertiary/aromatic N) is 3. The lowest BCUT2D eigenvalue weighted by Crippen LogP contribution is -2.13. The number of rotatable bonds is 6.